The Bertz CT molecular complexity index is 585. The molecule has 0 bridgehead atoms. The summed E-state index contributed by atoms with van der Waals surface area (Å²) in [5.41, 5.74) is 0.250. The molecule has 20 heavy (non-hydrogen) atoms. The van der Waals surface area contributed by atoms with Crippen LogP contribution in [-0.2, 0) is 6.61 Å². The van der Waals surface area contributed by atoms with E-state index in [1.165, 1.54) is 25.3 Å². The van der Waals surface area contributed by atoms with Crippen molar-refractivity contribution in [1.82, 2.24) is 9.55 Å². The molecule has 1 aromatic heterocycles. The monoisotopic (exact) mass is 286 g/mol. The number of hydrogen-bond acceptors (Lipinski definition) is 3. The Morgan fingerprint density at radius 1 is 1.40 bits per heavy atom. The van der Waals surface area contributed by atoms with Crippen LogP contribution in [0.1, 0.15) is 31.0 Å². The van der Waals surface area contributed by atoms with E-state index in [1.54, 1.807) is 0 Å². The summed E-state index contributed by atoms with van der Waals surface area (Å²) >= 11 is 0. The van der Waals surface area contributed by atoms with Gasteiger partial charge in [0.1, 0.15) is 18.2 Å². The third-order valence-corrected chi connectivity index (χ3v) is 2.74. The van der Waals surface area contributed by atoms with Crippen molar-refractivity contribution in [3.63, 3.8) is 0 Å². The molecule has 1 aromatic carbocycles. The fraction of sp³-hybridized carbons (Fsp3) is 0.308. The predicted octanol–water partition coefficient (Wildman–Crippen LogP) is 3.05. The average Bonchev–Trinajstić information content (AvgIpc) is 2.85. The molecule has 0 amide bonds. The SMILES string of the molecule is C[C@@H](O)c1cc(F)ccc1OCc1nccn1C(F)F. The minimum Gasteiger partial charge on any atom is -0.485 e. The zero-order valence-corrected chi connectivity index (χ0v) is 10.6. The Hall–Kier alpha value is -2.02. The van der Waals surface area contributed by atoms with E-state index in [-0.39, 0.29) is 23.7 Å². The van der Waals surface area contributed by atoms with Crippen molar-refractivity contribution in [2.45, 2.75) is 26.2 Å². The lowest BCUT2D eigenvalue weighted by Crippen LogP contribution is -2.08. The molecule has 2 aromatic rings. The normalized spacial score (nSPS) is 12.7. The number of ether oxygens (including phenoxy) is 1. The number of aliphatic hydroxyl groups excluding tert-OH is 1. The first-order valence-electron chi connectivity index (χ1n) is 5.89. The minimum atomic E-state index is -2.71. The topological polar surface area (TPSA) is 47.3 Å². The van der Waals surface area contributed by atoms with Gasteiger partial charge in [-0.3, -0.25) is 4.57 Å². The Labute approximate surface area is 113 Å². The van der Waals surface area contributed by atoms with Crippen molar-refractivity contribution >= 4 is 0 Å². The van der Waals surface area contributed by atoms with Crippen molar-refractivity contribution in [1.29, 1.82) is 0 Å². The maximum Gasteiger partial charge on any atom is 0.320 e. The van der Waals surface area contributed by atoms with Gasteiger partial charge in [-0.25, -0.2) is 9.37 Å². The highest BCUT2D eigenvalue weighted by atomic mass is 19.3. The standard InChI is InChI=1S/C13H13F3N2O2/c1-8(19)10-6-9(14)2-3-11(10)20-7-12-17-4-5-18(12)13(15)16/h2-6,8,13,19H,7H2,1H3/t8-/m1/s1. The van der Waals surface area contributed by atoms with Crippen LogP contribution in [0.3, 0.4) is 0 Å². The Kier molecular flexibility index (Phi) is 4.29. The van der Waals surface area contributed by atoms with Crippen molar-refractivity contribution in [3.05, 3.63) is 47.8 Å². The molecule has 1 heterocycles. The summed E-state index contributed by atoms with van der Waals surface area (Å²) in [7, 11) is 0. The lowest BCUT2D eigenvalue weighted by atomic mass is 10.1. The third kappa shape index (κ3) is 3.11. The molecular formula is C13H13F3N2O2. The van der Waals surface area contributed by atoms with Gasteiger partial charge in [0.2, 0.25) is 0 Å². The molecular weight excluding hydrogens is 273 g/mol. The molecule has 0 aliphatic carbocycles. The number of benzene rings is 1. The van der Waals surface area contributed by atoms with Gasteiger partial charge in [0, 0.05) is 18.0 Å². The lowest BCUT2D eigenvalue weighted by molar-refractivity contribution is 0.0630. The van der Waals surface area contributed by atoms with E-state index in [0.717, 1.165) is 12.3 Å². The van der Waals surface area contributed by atoms with E-state index in [2.05, 4.69) is 4.98 Å². The van der Waals surface area contributed by atoms with Crippen LogP contribution in [0.4, 0.5) is 13.2 Å². The Morgan fingerprint density at radius 3 is 2.80 bits per heavy atom. The van der Waals surface area contributed by atoms with Crippen molar-refractivity contribution in [2.24, 2.45) is 0 Å². The summed E-state index contributed by atoms with van der Waals surface area (Å²) in [6.07, 6.45) is 1.45. The van der Waals surface area contributed by atoms with E-state index < -0.39 is 18.5 Å². The number of rotatable bonds is 5. The second kappa shape index (κ2) is 5.96. The molecule has 0 spiro atoms. The second-order valence-electron chi connectivity index (χ2n) is 4.18. The first-order chi connectivity index (χ1) is 9.49. The van der Waals surface area contributed by atoms with Gasteiger partial charge in [-0.05, 0) is 25.1 Å². The quantitative estimate of drug-likeness (QED) is 0.919. The molecule has 0 fully saturated rings. The highest BCUT2D eigenvalue weighted by Crippen LogP contribution is 2.27. The molecule has 2 rings (SSSR count). The highest BCUT2D eigenvalue weighted by molar-refractivity contribution is 5.35. The number of halogens is 3. The average molecular weight is 286 g/mol. The molecule has 0 saturated carbocycles. The summed E-state index contributed by atoms with van der Waals surface area (Å²) < 4.78 is 44.4. The fourth-order valence-corrected chi connectivity index (χ4v) is 1.75. The molecule has 0 aliphatic rings. The smallest absolute Gasteiger partial charge is 0.320 e. The van der Waals surface area contributed by atoms with E-state index >= 15 is 0 Å². The van der Waals surface area contributed by atoms with Gasteiger partial charge < -0.3 is 9.84 Å². The summed E-state index contributed by atoms with van der Waals surface area (Å²) in [5.74, 6) is -0.242. The van der Waals surface area contributed by atoms with Gasteiger partial charge in [-0.2, -0.15) is 8.78 Å². The Balaban J connectivity index is 2.17. The van der Waals surface area contributed by atoms with Crippen molar-refractivity contribution < 1.29 is 23.0 Å². The van der Waals surface area contributed by atoms with Gasteiger partial charge in [-0.15, -0.1) is 0 Å². The highest BCUT2D eigenvalue weighted by Gasteiger charge is 2.14. The number of nitrogens with zero attached hydrogens (tertiary/aromatic N) is 2. The molecule has 0 aliphatic heterocycles. The summed E-state index contributed by atoms with van der Waals surface area (Å²) in [6.45, 7) is -1.45. The van der Waals surface area contributed by atoms with Crippen molar-refractivity contribution in [3.8, 4) is 5.75 Å². The summed E-state index contributed by atoms with van der Waals surface area (Å²) in [5, 5.41) is 9.54. The van der Waals surface area contributed by atoms with Gasteiger partial charge in [-0.1, -0.05) is 0 Å². The molecule has 108 valence electrons. The van der Waals surface area contributed by atoms with Crippen LogP contribution in [0.2, 0.25) is 0 Å². The fourth-order valence-electron chi connectivity index (χ4n) is 1.75. The third-order valence-electron chi connectivity index (χ3n) is 2.74. The van der Waals surface area contributed by atoms with E-state index in [1.807, 2.05) is 0 Å². The van der Waals surface area contributed by atoms with Gasteiger partial charge in [0.15, 0.2) is 5.82 Å². The summed E-state index contributed by atoms with van der Waals surface area (Å²) in [6, 6.07) is 3.65. The zero-order chi connectivity index (χ0) is 14.7. The van der Waals surface area contributed by atoms with Crippen LogP contribution >= 0.6 is 0 Å². The minimum absolute atomic E-state index is 0.0425. The molecule has 0 saturated heterocycles. The molecule has 1 N–H and O–H groups in total. The summed E-state index contributed by atoms with van der Waals surface area (Å²) in [4.78, 5) is 3.77. The largest absolute Gasteiger partial charge is 0.485 e. The van der Waals surface area contributed by atoms with Crippen LogP contribution in [0.15, 0.2) is 30.6 Å². The van der Waals surface area contributed by atoms with E-state index in [9.17, 15) is 18.3 Å². The van der Waals surface area contributed by atoms with E-state index in [0.29, 0.717) is 4.57 Å². The Morgan fingerprint density at radius 2 is 2.15 bits per heavy atom. The van der Waals surface area contributed by atoms with Gasteiger partial charge in [0.25, 0.3) is 0 Å². The number of aliphatic hydroxyl groups is 1. The maximum absolute atomic E-state index is 13.1. The van der Waals surface area contributed by atoms with Crippen molar-refractivity contribution in [2.75, 3.05) is 0 Å². The molecule has 0 unspecified atom stereocenters. The number of alkyl halides is 2. The lowest BCUT2D eigenvalue weighted by Gasteiger charge is -2.14. The molecule has 7 heteroatoms. The maximum atomic E-state index is 13.1. The number of hydrogen-bond donors (Lipinski definition) is 1. The van der Waals surface area contributed by atoms with Gasteiger partial charge in [0.05, 0.1) is 6.10 Å². The number of imidazole rings is 1. The predicted molar refractivity (Wildman–Crippen MR) is 64.8 cm³/mol. The van der Waals surface area contributed by atoms with E-state index in [4.69, 9.17) is 4.74 Å². The first-order valence-corrected chi connectivity index (χ1v) is 5.89. The van der Waals surface area contributed by atoms with Crippen LogP contribution in [0.25, 0.3) is 0 Å². The van der Waals surface area contributed by atoms with Crippen LogP contribution < -0.4 is 4.74 Å². The van der Waals surface area contributed by atoms with Gasteiger partial charge >= 0.3 is 6.55 Å². The second-order valence-corrected chi connectivity index (χ2v) is 4.18. The number of aromatic nitrogens is 2. The molecule has 4 nitrogen and oxygen atoms in total. The van der Waals surface area contributed by atoms with Crippen LogP contribution in [-0.4, -0.2) is 14.7 Å². The molecule has 1 atom stereocenters. The molecule has 0 radical (unpaired) electrons. The zero-order valence-electron chi connectivity index (χ0n) is 10.6. The first kappa shape index (κ1) is 14.4. The van der Waals surface area contributed by atoms with Crippen LogP contribution in [0.5, 0.6) is 5.75 Å². The van der Waals surface area contributed by atoms with Crippen LogP contribution in [0, 0.1) is 5.82 Å².